The summed E-state index contributed by atoms with van der Waals surface area (Å²) < 4.78 is 4.98. The molecule has 0 rings (SSSR count). The zero-order valence-corrected chi connectivity index (χ0v) is 9.41. The molecule has 0 aliphatic carbocycles. The first-order valence-electron chi connectivity index (χ1n) is 4.50. The van der Waals surface area contributed by atoms with Crippen molar-refractivity contribution in [3.8, 4) is 0 Å². The van der Waals surface area contributed by atoms with Crippen LogP contribution in [0.15, 0.2) is 0 Å². The second-order valence-corrected chi connectivity index (χ2v) is 4.48. The maximum atomic E-state index is 4.98. The van der Waals surface area contributed by atoms with Gasteiger partial charge in [-0.2, -0.15) is 11.8 Å². The van der Waals surface area contributed by atoms with Crippen LogP contribution in [-0.4, -0.2) is 37.8 Å². The predicted octanol–water partition coefficient (Wildman–Crippen LogP) is 1.75. The van der Waals surface area contributed by atoms with Gasteiger partial charge in [-0.1, -0.05) is 6.92 Å². The SMILES string of the molecule is CNC(C)C(C)SCCCOC. The van der Waals surface area contributed by atoms with Gasteiger partial charge in [0, 0.05) is 25.0 Å². The average molecular weight is 191 g/mol. The summed E-state index contributed by atoms with van der Waals surface area (Å²) in [6, 6.07) is 0.595. The van der Waals surface area contributed by atoms with Gasteiger partial charge in [0.15, 0.2) is 0 Å². The van der Waals surface area contributed by atoms with Crippen LogP contribution in [0.5, 0.6) is 0 Å². The lowest BCUT2D eigenvalue weighted by Gasteiger charge is -2.18. The van der Waals surface area contributed by atoms with Crippen molar-refractivity contribution in [2.75, 3.05) is 26.5 Å². The Kier molecular flexibility index (Phi) is 8.07. The molecule has 0 aromatic carbocycles. The van der Waals surface area contributed by atoms with E-state index in [0.717, 1.165) is 13.0 Å². The summed E-state index contributed by atoms with van der Waals surface area (Å²) >= 11 is 2.01. The number of methoxy groups -OCH3 is 1. The van der Waals surface area contributed by atoms with Gasteiger partial charge >= 0.3 is 0 Å². The molecule has 3 heteroatoms. The van der Waals surface area contributed by atoms with Crippen molar-refractivity contribution in [3.63, 3.8) is 0 Å². The Morgan fingerprint density at radius 3 is 2.58 bits per heavy atom. The Morgan fingerprint density at radius 1 is 1.42 bits per heavy atom. The summed E-state index contributed by atoms with van der Waals surface area (Å²) in [6.45, 7) is 5.36. The highest BCUT2D eigenvalue weighted by atomic mass is 32.2. The maximum Gasteiger partial charge on any atom is 0.0470 e. The molecule has 0 saturated heterocycles. The average Bonchev–Trinajstić information content (AvgIpc) is 2.10. The molecule has 2 atom stereocenters. The lowest BCUT2D eigenvalue weighted by Crippen LogP contribution is -2.30. The minimum atomic E-state index is 0.595. The molecule has 0 amide bonds. The van der Waals surface area contributed by atoms with Gasteiger partial charge in [0.05, 0.1) is 0 Å². The van der Waals surface area contributed by atoms with Gasteiger partial charge in [0.1, 0.15) is 0 Å². The summed E-state index contributed by atoms with van der Waals surface area (Å²) in [6.07, 6.45) is 1.15. The topological polar surface area (TPSA) is 21.3 Å². The molecule has 0 aliphatic heterocycles. The second kappa shape index (κ2) is 7.90. The van der Waals surface area contributed by atoms with E-state index in [1.54, 1.807) is 7.11 Å². The third-order valence-electron chi connectivity index (χ3n) is 2.03. The molecular weight excluding hydrogens is 170 g/mol. The van der Waals surface area contributed by atoms with E-state index >= 15 is 0 Å². The van der Waals surface area contributed by atoms with E-state index in [0.29, 0.717) is 11.3 Å². The highest BCUT2D eigenvalue weighted by Crippen LogP contribution is 2.14. The van der Waals surface area contributed by atoms with E-state index < -0.39 is 0 Å². The fourth-order valence-electron chi connectivity index (χ4n) is 0.852. The van der Waals surface area contributed by atoms with Gasteiger partial charge in [-0.3, -0.25) is 0 Å². The van der Waals surface area contributed by atoms with Crippen molar-refractivity contribution in [2.24, 2.45) is 0 Å². The quantitative estimate of drug-likeness (QED) is 0.620. The lowest BCUT2D eigenvalue weighted by atomic mass is 10.3. The highest BCUT2D eigenvalue weighted by Gasteiger charge is 2.08. The Bertz CT molecular complexity index is 101. The highest BCUT2D eigenvalue weighted by molar-refractivity contribution is 7.99. The Balaban J connectivity index is 3.24. The van der Waals surface area contributed by atoms with Crippen LogP contribution in [0.1, 0.15) is 20.3 Å². The van der Waals surface area contributed by atoms with Gasteiger partial charge in [-0.15, -0.1) is 0 Å². The lowest BCUT2D eigenvalue weighted by molar-refractivity contribution is 0.200. The fraction of sp³-hybridized carbons (Fsp3) is 1.00. The standard InChI is InChI=1S/C9H21NOS/c1-8(10-3)9(2)12-7-5-6-11-4/h8-10H,5-7H2,1-4H3. The molecule has 12 heavy (non-hydrogen) atoms. The Morgan fingerprint density at radius 2 is 2.08 bits per heavy atom. The minimum Gasteiger partial charge on any atom is -0.385 e. The fourth-order valence-corrected chi connectivity index (χ4v) is 1.93. The number of hydrogen-bond donors (Lipinski definition) is 1. The van der Waals surface area contributed by atoms with E-state index in [1.165, 1.54) is 5.75 Å². The van der Waals surface area contributed by atoms with Crippen molar-refractivity contribution in [3.05, 3.63) is 0 Å². The van der Waals surface area contributed by atoms with E-state index in [2.05, 4.69) is 19.2 Å². The molecule has 0 aromatic heterocycles. The number of ether oxygens (including phenoxy) is 1. The Hall–Kier alpha value is 0.270. The van der Waals surface area contributed by atoms with Crippen LogP contribution in [0, 0.1) is 0 Å². The van der Waals surface area contributed by atoms with E-state index in [4.69, 9.17) is 4.74 Å². The van der Waals surface area contributed by atoms with Crippen molar-refractivity contribution < 1.29 is 4.74 Å². The van der Waals surface area contributed by atoms with Gasteiger partial charge in [0.25, 0.3) is 0 Å². The molecular formula is C9H21NOS. The van der Waals surface area contributed by atoms with Gasteiger partial charge in [0.2, 0.25) is 0 Å². The normalized spacial score (nSPS) is 16.0. The number of hydrogen-bond acceptors (Lipinski definition) is 3. The summed E-state index contributed by atoms with van der Waals surface area (Å²) in [5.74, 6) is 1.20. The van der Waals surface area contributed by atoms with Crippen molar-refractivity contribution in [2.45, 2.75) is 31.6 Å². The number of rotatable bonds is 7. The molecule has 74 valence electrons. The van der Waals surface area contributed by atoms with Crippen LogP contribution in [0.4, 0.5) is 0 Å². The zero-order valence-electron chi connectivity index (χ0n) is 8.59. The van der Waals surface area contributed by atoms with Crippen molar-refractivity contribution in [1.29, 1.82) is 0 Å². The molecule has 0 radical (unpaired) electrons. The predicted molar refractivity (Wildman–Crippen MR) is 56.9 cm³/mol. The molecule has 0 spiro atoms. The summed E-state index contributed by atoms with van der Waals surface area (Å²) in [5.41, 5.74) is 0. The molecule has 0 saturated carbocycles. The summed E-state index contributed by atoms with van der Waals surface area (Å²) in [7, 11) is 3.77. The number of thioether (sulfide) groups is 1. The van der Waals surface area contributed by atoms with Crippen molar-refractivity contribution in [1.82, 2.24) is 5.32 Å². The van der Waals surface area contributed by atoms with Crippen LogP contribution >= 0.6 is 11.8 Å². The monoisotopic (exact) mass is 191 g/mol. The second-order valence-electron chi connectivity index (χ2n) is 3.00. The van der Waals surface area contributed by atoms with Gasteiger partial charge in [-0.25, -0.2) is 0 Å². The van der Waals surface area contributed by atoms with Gasteiger partial charge in [-0.05, 0) is 26.1 Å². The first-order chi connectivity index (χ1) is 5.72. The first kappa shape index (κ1) is 12.3. The number of nitrogens with one attached hydrogen (secondary N) is 1. The first-order valence-corrected chi connectivity index (χ1v) is 5.55. The van der Waals surface area contributed by atoms with E-state index in [1.807, 2.05) is 18.8 Å². The zero-order chi connectivity index (χ0) is 9.40. The molecule has 0 aliphatic rings. The van der Waals surface area contributed by atoms with Crippen LogP contribution < -0.4 is 5.32 Å². The molecule has 2 unspecified atom stereocenters. The molecule has 2 nitrogen and oxygen atoms in total. The molecule has 0 fully saturated rings. The van der Waals surface area contributed by atoms with Gasteiger partial charge < -0.3 is 10.1 Å². The van der Waals surface area contributed by atoms with Crippen LogP contribution in [-0.2, 0) is 4.74 Å². The smallest absolute Gasteiger partial charge is 0.0470 e. The molecule has 0 bridgehead atoms. The molecule has 0 heterocycles. The minimum absolute atomic E-state index is 0.595. The van der Waals surface area contributed by atoms with E-state index in [-0.39, 0.29) is 0 Å². The third kappa shape index (κ3) is 5.86. The molecule has 1 N–H and O–H groups in total. The molecule has 0 aromatic rings. The third-order valence-corrected chi connectivity index (χ3v) is 3.49. The maximum absolute atomic E-state index is 4.98. The largest absolute Gasteiger partial charge is 0.385 e. The summed E-state index contributed by atoms with van der Waals surface area (Å²) in [4.78, 5) is 0. The van der Waals surface area contributed by atoms with Crippen molar-refractivity contribution >= 4 is 11.8 Å². The summed E-state index contributed by atoms with van der Waals surface area (Å²) in [5, 5.41) is 3.94. The van der Waals surface area contributed by atoms with Crippen LogP contribution in [0.25, 0.3) is 0 Å². The van der Waals surface area contributed by atoms with Crippen LogP contribution in [0.3, 0.4) is 0 Å². The Labute approximate surface area is 80.4 Å². The van der Waals surface area contributed by atoms with E-state index in [9.17, 15) is 0 Å². The van der Waals surface area contributed by atoms with Crippen LogP contribution in [0.2, 0.25) is 0 Å².